The zero-order valence-corrected chi connectivity index (χ0v) is 18.1. The maximum Gasteiger partial charge on any atom is 0.405 e. The van der Waals surface area contributed by atoms with Crippen molar-refractivity contribution in [2.45, 2.75) is 46.1 Å². The van der Waals surface area contributed by atoms with Crippen molar-refractivity contribution in [3.05, 3.63) is 29.7 Å². The van der Waals surface area contributed by atoms with E-state index in [9.17, 15) is 14.0 Å². The van der Waals surface area contributed by atoms with Gasteiger partial charge in [0.25, 0.3) is 0 Å². The molecule has 0 radical (unpaired) electrons. The molecule has 1 amide bonds. The molecule has 1 heterocycles. The molecular weight excluding hydrogens is 407 g/mol. The van der Waals surface area contributed by atoms with Crippen LogP contribution in [0.4, 0.5) is 9.18 Å². The normalized spacial score (nSPS) is 14.7. The summed E-state index contributed by atoms with van der Waals surface area (Å²) in [6, 6.07) is 3.18. The quantitative estimate of drug-likeness (QED) is 0.563. The van der Waals surface area contributed by atoms with Crippen LogP contribution in [0, 0.1) is 11.3 Å². The zero-order valence-electron chi connectivity index (χ0n) is 18.1. The molecule has 0 saturated heterocycles. The minimum Gasteiger partial charge on any atom is -0.493 e. The number of hydrogen-bond donors (Lipinski definition) is 1. The Hall–Kier alpha value is -3.10. The molecule has 8 nitrogen and oxygen atoms in total. The third kappa shape index (κ3) is 5.96. The lowest BCUT2D eigenvalue weighted by Crippen LogP contribution is -2.22. The molecule has 9 heteroatoms. The van der Waals surface area contributed by atoms with Crippen LogP contribution in [0.2, 0.25) is 0 Å². The predicted molar refractivity (Wildman–Crippen MR) is 110 cm³/mol. The molecule has 168 valence electrons. The van der Waals surface area contributed by atoms with Gasteiger partial charge in [-0.05, 0) is 48.8 Å². The molecule has 0 unspecified atom stereocenters. The van der Waals surface area contributed by atoms with Crippen molar-refractivity contribution in [1.82, 2.24) is 4.98 Å². The summed E-state index contributed by atoms with van der Waals surface area (Å²) in [6.07, 6.45) is 0.356. The van der Waals surface area contributed by atoms with Gasteiger partial charge in [0.1, 0.15) is 0 Å². The summed E-state index contributed by atoms with van der Waals surface area (Å²) in [7, 11) is 1.53. The molecule has 31 heavy (non-hydrogen) atoms. The Morgan fingerprint density at radius 2 is 2.00 bits per heavy atom. The molecule has 1 aliphatic rings. The maximum atomic E-state index is 13.8. The SMILES string of the molecule is COc1ccc(-c2nc(C(=O)F)c([C@H](CC(C)(C)C)OC(N)=O)o2)cc1OCC1CC1. The number of carbonyl (C=O) groups is 2. The molecule has 2 aromatic rings. The highest BCUT2D eigenvalue weighted by Crippen LogP contribution is 2.39. The minimum absolute atomic E-state index is 0.0121. The van der Waals surface area contributed by atoms with Gasteiger partial charge in [0.2, 0.25) is 5.89 Å². The van der Waals surface area contributed by atoms with E-state index in [1.807, 2.05) is 20.8 Å². The summed E-state index contributed by atoms with van der Waals surface area (Å²) in [5.41, 5.74) is 4.74. The van der Waals surface area contributed by atoms with Crippen molar-refractivity contribution in [3.63, 3.8) is 0 Å². The molecule has 1 saturated carbocycles. The summed E-state index contributed by atoms with van der Waals surface area (Å²) in [5, 5.41) is 0. The van der Waals surface area contributed by atoms with Crippen LogP contribution in [-0.2, 0) is 4.74 Å². The van der Waals surface area contributed by atoms with Gasteiger partial charge < -0.3 is 24.4 Å². The highest BCUT2D eigenvalue weighted by Gasteiger charge is 2.33. The first kappa shape index (κ1) is 22.6. The van der Waals surface area contributed by atoms with Crippen molar-refractivity contribution >= 4 is 12.1 Å². The highest BCUT2D eigenvalue weighted by molar-refractivity contribution is 5.88. The fourth-order valence-electron chi connectivity index (χ4n) is 3.11. The van der Waals surface area contributed by atoms with Crippen molar-refractivity contribution in [2.24, 2.45) is 17.1 Å². The molecule has 1 aromatic heterocycles. The van der Waals surface area contributed by atoms with E-state index in [1.54, 1.807) is 18.2 Å². The molecule has 0 aliphatic heterocycles. The first-order valence-electron chi connectivity index (χ1n) is 10.0. The molecule has 1 aromatic carbocycles. The third-order valence-corrected chi connectivity index (χ3v) is 4.77. The van der Waals surface area contributed by atoms with Crippen LogP contribution in [0.1, 0.15) is 62.4 Å². The number of methoxy groups -OCH3 is 1. The number of rotatable bonds is 9. The number of hydrogen-bond acceptors (Lipinski definition) is 7. The molecule has 1 aliphatic carbocycles. The predicted octanol–water partition coefficient (Wildman–Crippen LogP) is 4.82. The Kier molecular flexibility index (Phi) is 6.52. The summed E-state index contributed by atoms with van der Waals surface area (Å²) >= 11 is 0. The van der Waals surface area contributed by atoms with Crippen LogP contribution in [-0.4, -0.2) is 30.8 Å². The first-order chi connectivity index (χ1) is 14.6. The number of carbonyl (C=O) groups excluding carboxylic acids is 2. The summed E-state index contributed by atoms with van der Waals surface area (Å²) in [4.78, 5) is 27.0. The second kappa shape index (κ2) is 8.95. The van der Waals surface area contributed by atoms with E-state index in [0.717, 1.165) is 12.8 Å². The first-order valence-corrected chi connectivity index (χ1v) is 10.0. The number of benzene rings is 1. The van der Waals surface area contributed by atoms with Crippen LogP contribution in [0.5, 0.6) is 11.5 Å². The average Bonchev–Trinajstić information content (AvgIpc) is 3.39. The van der Waals surface area contributed by atoms with E-state index in [0.29, 0.717) is 29.6 Å². The van der Waals surface area contributed by atoms with Crippen LogP contribution in [0.3, 0.4) is 0 Å². The number of nitrogens with zero attached hydrogens (tertiary/aromatic N) is 1. The van der Waals surface area contributed by atoms with Gasteiger partial charge in [-0.2, -0.15) is 4.39 Å². The molecule has 2 N–H and O–H groups in total. The Labute approximate surface area is 179 Å². The minimum atomic E-state index is -1.80. The molecule has 0 bridgehead atoms. The van der Waals surface area contributed by atoms with E-state index in [-0.39, 0.29) is 23.5 Å². The van der Waals surface area contributed by atoms with Gasteiger partial charge in [-0.25, -0.2) is 9.78 Å². The maximum absolute atomic E-state index is 13.8. The lowest BCUT2D eigenvalue weighted by atomic mass is 9.88. The molecule has 3 rings (SSSR count). The van der Waals surface area contributed by atoms with Gasteiger partial charge in [0.05, 0.1) is 13.7 Å². The van der Waals surface area contributed by atoms with Crippen molar-refractivity contribution in [3.8, 4) is 23.0 Å². The van der Waals surface area contributed by atoms with E-state index in [1.165, 1.54) is 7.11 Å². The molecule has 1 fully saturated rings. The Bertz CT molecular complexity index is 961. The lowest BCUT2D eigenvalue weighted by molar-refractivity contribution is 0.0620. The van der Waals surface area contributed by atoms with E-state index in [4.69, 9.17) is 24.4 Å². The van der Waals surface area contributed by atoms with Crippen molar-refractivity contribution in [2.75, 3.05) is 13.7 Å². The monoisotopic (exact) mass is 434 g/mol. The molecule has 1 atom stereocenters. The topological polar surface area (TPSA) is 114 Å². The van der Waals surface area contributed by atoms with Crippen LogP contribution < -0.4 is 15.2 Å². The van der Waals surface area contributed by atoms with Crippen molar-refractivity contribution < 1.29 is 32.6 Å². The number of oxazole rings is 1. The van der Waals surface area contributed by atoms with Gasteiger partial charge in [0, 0.05) is 5.56 Å². The average molecular weight is 434 g/mol. The fourth-order valence-corrected chi connectivity index (χ4v) is 3.11. The molecular formula is C22H27FN2O6. The van der Waals surface area contributed by atoms with E-state index >= 15 is 0 Å². The van der Waals surface area contributed by atoms with E-state index in [2.05, 4.69) is 4.98 Å². The number of aromatic nitrogens is 1. The summed E-state index contributed by atoms with van der Waals surface area (Å²) in [6.45, 7) is 6.24. The smallest absolute Gasteiger partial charge is 0.405 e. The molecule has 0 spiro atoms. The highest BCUT2D eigenvalue weighted by atomic mass is 19.1. The van der Waals surface area contributed by atoms with Gasteiger partial charge in [-0.3, -0.25) is 4.79 Å². The Morgan fingerprint density at radius 3 is 2.55 bits per heavy atom. The van der Waals surface area contributed by atoms with Gasteiger partial charge in [-0.1, -0.05) is 20.8 Å². The van der Waals surface area contributed by atoms with E-state index < -0.39 is 23.9 Å². The summed E-state index contributed by atoms with van der Waals surface area (Å²) < 4.78 is 35.8. The second-order valence-electron chi connectivity index (χ2n) is 8.82. The van der Waals surface area contributed by atoms with Gasteiger partial charge in [0.15, 0.2) is 29.1 Å². The second-order valence-corrected chi connectivity index (χ2v) is 8.82. The number of ether oxygens (including phenoxy) is 3. The van der Waals surface area contributed by atoms with Crippen LogP contribution in [0.25, 0.3) is 11.5 Å². The number of nitrogens with two attached hydrogens (primary N) is 1. The number of primary amides is 1. The lowest BCUT2D eigenvalue weighted by Gasteiger charge is -2.24. The Balaban J connectivity index is 1.99. The number of halogens is 1. The third-order valence-electron chi connectivity index (χ3n) is 4.77. The van der Waals surface area contributed by atoms with Crippen LogP contribution in [0.15, 0.2) is 22.6 Å². The Morgan fingerprint density at radius 1 is 1.29 bits per heavy atom. The summed E-state index contributed by atoms with van der Waals surface area (Å²) in [5.74, 6) is 1.34. The zero-order chi connectivity index (χ0) is 22.8. The number of amides is 1. The van der Waals surface area contributed by atoms with Gasteiger partial charge in [-0.15, -0.1) is 0 Å². The largest absolute Gasteiger partial charge is 0.493 e. The standard InChI is InChI=1S/C22H27FN2O6/c1-22(2,3)10-16(30-21(24)27)18-17(19(23)26)25-20(31-18)13-7-8-14(28-4)15(9-13)29-11-12-5-6-12/h7-9,12,16H,5-6,10-11H2,1-4H3,(H2,24,27)/t16-/m0/s1. The van der Waals surface area contributed by atoms with Crippen molar-refractivity contribution in [1.29, 1.82) is 0 Å². The van der Waals surface area contributed by atoms with Gasteiger partial charge >= 0.3 is 12.1 Å². The fraction of sp³-hybridized carbons (Fsp3) is 0.500. The van der Waals surface area contributed by atoms with Crippen LogP contribution >= 0.6 is 0 Å².